The molecule has 0 atom stereocenters. The van der Waals surface area contributed by atoms with E-state index in [1.165, 1.54) is 62.3 Å². The molecule has 0 saturated carbocycles. The Morgan fingerprint density at radius 1 is 0.667 bits per heavy atom. The zero-order valence-electron chi connectivity index (χ0n) is 17.7. The van der Waals surface area contributed by atoms with Crippen LogP contribution in [0.4, 0.5) is 0 Å². The molecule has 2 aromatic carbocycles. The fourth-order valence-electron chi connectivity index (χ4n) is 3.53. The summed E-state index contributed by atoms with van der Waals surface area (Å²) in [6.45, 7) is 8.23. The van der Waals surface area contributed by atoms with Gasteiger partial charge >= 0.3 is 0 Å². The summed E-state index contributed by atoms with van der Waals surface area (Å²) in [6.07, 6.45) is 12.6. The van der Waals surface area contributed by atoms with E-state index in [-0.39, 0.29) is 0 Å². The lowest BCUT2D eigenvalue weighted by molar-refractivity contribution is 0.300. The van der Waals surface area contributed by atoms with Gasteiger partial charge in [-0.1, -0.05) is 89.5 Å². The first kappa shape index (κ1) is 21.6. The minimum Gasteiger partial charge on any atom is -0.493 e. The van der Waals surface area contributed by atoms with Gasteiger partial charge in [-0.15, -0.1) is 0 Å². The standard InChI is InChI=1S/C25H38O2/c1-4-6-8-10-14-18-26-24-20-21(3)25(23-17-13-12-16-22(23)24)27-19-15-11-9-7-5-2/h12-13,16-17,20H,4-11,14-15,18-19H2,1-3H3. The second-order valence-electron chi connectivity index (χ2n) is 7.59. The van der Waals surface area contributed by atoms with Crippen molar-refractivity contribution in [2.24, 2.45) is 0 Å². The molecule has 0 aliphatic carbocycles. The fourth-order valence-corrected chi connectivity index (χ4v) is 3.53. The minimum atomic E-state index is 0.796. The third-order valence-corrected chi connectivity index (χ3v) is 5.14. The first-order valence-corrected chi connectivity index (χ1v) is 11.1. The summed E-state index contributed by atoms with van der Waals surface area (Å²) in [5.41, 5.74) is 1.17. The molecule has 0 amide bonds. The number of fused-ring (bicyclic) bond motifs is 1. The molecule has 0 aliphatic heterocycles. The zero-order chi connectivity index (χ0) is 19.3. The van der Waals surface area contributed by atoms with Gasteiger partial charge in [-0.2, -0.15) is 0 Å². The molecular weight excluding hydrogens is 332 g/mol. The maximum Gasteiger partial charge on any atom is 0.130 e. The summed E-state index contributed by atoms with van der Waals surface area (Å²) in [6, 6.07) is 10.6. The van der Waals surface area contributed by atoms with E-state index >= 15 is 0 Å². The van der Waals surface area contributed by atoms with E-state index in [9.17, 15) is 0 Å². The van der Waals surface area contributed by atoms with Crippen LogP contribution in [0.15, 0.2) is 30.3 Å². The van der Waals surface area contributed by atoms with Crippen LogP contribution < -0.4 is 9.47 Å². The van der Waals surface area contributed by atoms with Gasteiger partial charge in [-0.25, -0.2) is 0 Å². The quantitative estimate of drug-likeness (QED) is 0.315. The van der Waals surface area contributed by atoms with Crippen LogP contribution in [0, 0.1) is 6.92 Å². The summed E-state index contributed by atoms with van der Waals surface area (Å²) in [4.78, 5) is 0. The highest BCUT2D eigenvalue weighted by molar-refractivity contribution is 5.94. The number of benzene rings is 2. The molecule has 0 unspecified atom stereocenters. The predicted octanol–water partition coefficient (Wildman–Crippen LogP) is 7.85. The first-order chi connectivity index (χ1) is 13.3. The smallest absolute Gasteiger partial charge is 0.130 e. The molecule has 0 heterocycles. The van der Waals surface area contributed by atoms with Crippen LogP contribution in [0.1, 0.15) is 83.6 Å². The SMILES string of the molecule is CCCCCCCOc1cc(C)c(OCCCCCCC)c2ccccc12. The number of rotatable bonds is 14. The van der Waals surface area contributed by atoms with Crippen LogP contribution in [0.3, 0.4) is 0 Å². The lowest BCUT2D eigenvalue weighted by atomic mass is 10.0. The van der Waals surface area contributed by atoms with Crippen molar-refractivity contribution in [2.45, 2.75) is 85.0 Å². The van der Waals surface area contributed by atoms with Crippen LogP contribution >= 0.6 is 0 Å². The number of ether oxygens (including phenoxy) is 2. The molecule has 0 spiro atoms. The van der Waals surface area contributed by atoms with Crippen molar-refractivity contribution in [1.29, 1.82) is 0 Å². The van der Waals surface area contributed by atoms with Gasteiger partial charge in [0, 0.05) is 10.8 Å². The summed E-state index contributed by atoms with van der Waals surface area (Å²) < 4.78 is 12.3. The second-order valence-corrected chi connectivity index (χ2v) is 7.59. The predicted molar refractivity (Wildman–Crippen MR) is 117 cm³/mol. The van der Waals surface area contributed by atoms with E-state index in [1.807, 2.05) is 0 Å². The van der Waals surface area contributed by atoms with Crippen molar-refractivity contribution in [1.82, 2.24) is 0 Å². The van der Waals surface area contributed by atoms with E-state index in [1.54, 1.807) is 0 Å². The average Bonchev–Trinajstić information content (AvgIpc) is 2.69. The summed E-state index contributed by atoms with van der Waals surface area (Å²) in [5.74, 6) is 2.02. The molecule has 27 heavy (non-hydrogen) atoms. The fraction of sp³-hybridized carbons (Fsp3) is 0.600. The highest BCUT2D eigenvalue weighted by Gasteiger charge is 2.11. The summed E-state index contributed by atoms with van der Waals surface area (Å²) >= 11 is 0. The molecule has 0 aliphatic rings. The highest BCUT2D eigenvalue weighted by atomic mass is 16.5. The molecule has 0 saturated heterocycles. The second kappa shape index (κ2) is 12.6. The lowest BCUT2D eigenvalue weighted by Gasteiger charge is -2.16. The van der Waals surface area contributed by atoms with Gasteiger partial charge < -0.3 is 9.47 Å². The van der Waals surface area contributed by atoms with Gasteiger partial charge in [-0.3, -0.25) is 0 Å². The molecule has 0 fully saturated rings. The minimum absolute atomic E-state index is 0.796. The van der Waals surface area contributed by atoms with Gasteiger partial charge in [0.15, 0.2) is 0 Å². The zero-order valence-corrected chi connectivity index (χ0v) is 17.7. The van der Waals surface area contributed by atoms with Gasteiger partial charge in [0.2, 0.25) is 0 Å². The van der Waals surface area contributed by atoms with Crippen molar-refractivity contribution in [3.8, 4) is 11.5 Å². The Labute approximate surface area is 166 Å². The van der Waals surface area contributed by atoms with Gasteiger partial charge in [0.1, 0.15) is 11.5 Å². The summed E-state index contributed by atoms with van der Waals surface area (Å²) in [5, 5.41) is 2.34. The molecule has 2 aromatic rings. The van der Waals surface area contributed by atoms with E-state index < -0.39 is 0 Å². The van der Waals surface area contributed by atoms with Crippen molar-refractivity contribution in [3.05, 3.63) is 35.9 Å². The molecule has 0 radical (unpaired) electrons. The Balaban J connectivity index is 1.98. The van der Waals surface area contributed by atoms with Crippen molar-refractivity contribution in [3.63, 3.8) is 0 Å². The van der Waals surface area contributed by atoms with Crippen LogP contribution in [0.5, 0.6) is 11.5 Å². The Hall–Kier alpha value is -1.70. The molecule has 150 valence electrons. The van der Waals surface area contributed by atoms with Crippen molar-refractivity contribution in [2.75, 3.05) is 13.2 Å². The van der Waals surface area contributed by atoms with Crippen LogP contribution in [-0.4, -0.2) is 13.2 Å². The Kier molecular flexibility index (Phi) is 10.1. The molecule has 0 aromatic heterocycles. The molecular formula is C25H38O2. The van der Waals surface area contributed by atoms with Crippen molar-refractivity contribution >= 4 is 10.8 Å². The lowest BCUT2D eigenvalue weighted by Crippen LogP contribution is -2.02. The molecule has 2 rings (SSSR count). The van der Waals surface area contributed by atoms with Gasteiger partial charge in [0.25, 0.3) is 0 Å². The van der Waals surface area contributed by atoms with E-state index in [0.29, 0.717) is 0 Å². The topological polar surface area (TPSA) is 18.5 Å². The first-order valence-electron chi connectivity index (χ1n) is 11.1. The largest absolute Gasteiger partial charge is 0.493 e. The Bertz CT molecular complexity index is 663. The Morgan fingerprint density at radius 3 is 1.85 bits per heavy atom. The normalized spacial score (nSPS) is 11.1. The molecule has 2 nitrogen and oxygen atoms in total. The van der Waals surface area contributed by atoms with Crippen molar-refractivity contribution < 1.29 is 9.47 Å². The van der Waals surface area contributed by atoms with Crippen LogP contribution in [0.25, 0.3) is 10.8 Å². The summed E-state index contributed by atoms with van der Waals surface area (Å²) in [7, 11) is 0. The average molecular weight is 371 g/mol. The van der Waals surface area contributed by atoms with E-state index in [4.69, 9.17) is 9.47 Å². The monoisotopic (exact) mass is 370 g/mol. The van der Waals surface area contributed by atoms with Crippen LogP contribution in [0.2, 0.25) is 0 Å². The number of aryl methyl sites for hydroxylation is 1. The molecule has 0 bridgehead atoms. The maximum atomic E-state index is 6.20. The third-order valence-electron chi connectivity index (χ3n) is 5.14. The highest BCUT2D eigenvalue weighted by Crippen LogP contribution is 2.36. The van der Waals surface area contributed by atoms with Crippen LogP contribution in [-0.2, 0) is 0 Å². The molecule has 0 N–H and O–H groups in total. The maximum absolute atomic E-state index is 6.20. The van der Waals surface area contributed by atoms with E-state index in [2.05, 4.69) is 51.1 Å². The van der Waals surface area contributed by atoms with Gasteiger partial charge in [-0.05, 0) is 31.4 Å². The number of hydrogen-bond donors (Lipinski definition) is 0. The van der Waals surface area contributed by atoms with Gasteiger partial charge in [0.05, 0.1) is 13.2 Å². The molecule has 2 heteroatoms. The third kappa shape index (κ3) is 7.08. The Morgan fingerprint density at radius 2 is 1.22 bits per heavy atom. The number of hydrogen-bond acceptors (Lipinski definition) is 2. The number of unbranched alkanes of at least 4 members (excludes halogenated alkanes) is 8. The van der Waals surface area contributed by atoms with E-state index in [0.717, 1.165) is 42.9 Å².